The number of carbonyl (C=O) groups is 1. The van der Waals surface area contributed by atoms with Crippen molar-refractivity contribution >= 4 is 5.97 Å². The molecule has 6 heteroatoms. The van der Waals surface area contributed by atoms with Crippen molar-refractivity contribution in [3.63, 3.8) is 0 Å². The van der Waals surface area contributed by atoms with Crippen molar-refractivity contribution in [2.24, 2.45) is 0 Å². The molecule has 0 amide bonds. The fourth-order valence-electron chi connectivity index (χ4n) is 0.543. The zero-order chi connectivity index (χ0) is 10.6. The first kappa shape index (κ1) is 9.40. The van der Waals surface area contributed by atoms with E-state index in [1.54, 1.807) is 0 Å². The smallest absolute Gasteiger partial charge is 0.332 e. The zero-order valence-electron chi connectivity index (χ0n) is 7.21. The molecule has 3 atom stereocenters. The van der Waals surface area contributed by atoms with Gasteiger partial charge < -0.3 is 25.5 Å². The molecule has 72 valence electrons. The van der Waals surface area contributed by atoms with Gasteiger partial charge in [-0.1, -0.05) is 0 Å². The Hall–Kier alpha value is -0.690. The second-order valence-corrected chi connectivity index (χ2v) is 2.27. The zero-order valence-corrected chi connectivity index (χ0v) is 6.21. The van der Waals surface area contributed by atoms with Gasteiger partial charge in [-0.25, -0.2) is 4.79 Å². The maximum absolute atomic E-state index is 10.2. The lowest BCUT2D eigenvalue weighted by Gasteiger charge is -2.16. The number of aliphatic hydroxyl groups is 4. The number of aliphatic carboxylic acids is 1. The molecule has 0 aromatic heterocycles. The Morgan fingerprint density at radius 3 is 2.17 bits per heavy atom. The third-order valence-corrected chi connectivity index (χ3v) is 1.28. The van der Waals surface area contributed by atoms with E-state index < -0.39 is 37.3 Å². The van der Waals surface area contributed by atoms with Gasteiger partial charge in [-0.05, 0) is 0 Å². The Kier molecular flexibility index (Phi) is 3.95. The lowest BCUT2D eigenvalue weighted by atomic mass is 10.1. The molecule has 0 spiro atoms. The van der Waals surface area contributed by atoms with Gasteiger partial charge in [0.2, 0.25) is 0 Å². The van der Waals surface area contributed by atoms with Crippen LogP contribution in [0, 0.1) is 0 Å². The van der Waals surface area contributed by atoms with Crippen LogP contribution in [0.1, 0.15) is 7.79 Å². The van der Waals surface area contributed by atoms with E-state index in [1.165, 1.54) is 0 Å². The maximum Gasteiger partial charge on any atom is 0.332 e. The molecule has 12 heavy (non-hydrogen) atoms. The Bertz CT molecular complexity index is 182. The molecule has 6 nitrogen and oxygen atoms in total. The van der Waals surface area contributed by atoms with E-state index in [9.17, 15) is 4.79 Å². The highest BCUT2D eigenvalue weighted by Gasteiger charge is 2.23. The fraction of sp³-hybridized carbons (Fsp3) is 0.833. The van der Waals surface area contributed by atoms with Crippen LogP contribution in [0.5, 0.6) is 0 Å². The van der Waals surface area contributed by atoms with Gasteiger partial charge in [0, 0.05) is 6.42 Å². The molecule has 0 aromatic rings. The number of hydrogen-bond donors (Lipinski definition) is 5. The van der Waals surface area contributed by atoms with Crippen molar-refractivity contribution in [3.05, 3.63) is 0 Å². The second-order valence-electron chi connectivity index (χ2n) is 2.27. The van der Waals surface area contributed by atoms with Gasteiger partial charge in [-0.15, -0.1) is 0 Å². The minimum atomic E-state index is -2.85. The van der Waals surface area contributed by atoms with Crippen LogP contribution in [-0.2, 0) is 4.79 Å². The summed E-state index contributed by atoms with van der Waals surface area (Å²) in [5.74, 6) is -1.82. The molecule has 0 radical (unpaired) electrons. The summed E-state index contributed by atoms with van der Waals surface area (Å²) in [5, 5.41) is 43.1. The largest absolute Gasteiger partial charge is 0.479 e. The van der Waals surface area contributed by atoms with Crippen molar-refractivity contribution in [2.45, 2.75) is 24.7 Å². The Morgan fingerprint density at radius 1 is 1.33 bits per heavy atom. The number of carboxylic acids is 1. The Morgan fingerprint density at radius 2 is 1.83 bits per heavy atom. The molecule has 0 bridgehead atoms. The summed E-state index contributed by atoms with van der Waals surface area (Å²) in [7, 11) is 0. The normalized spacial score (nSPS) is 22.2. The fourth-order valence-corrected chi connectivity index (χ4v) is 0.543. The molecule has 0 rings (SSSR count). The third-order valence-electron chi connectivity index (χ3n) is 1.28. The highest BCUT2D eigenvalue weighted by atomic mass is 16.4. The van der Waals surface area contributed by atoms with E-state index in [4.69, 9.17) is 26.9 Å². The molecule has 0 aromatic carbocycles. The van der Waals surface area contributed by atoms with Crippen LogP contribution in [0.2, 0.25) is 0 Å². The highest BCUT2D eigenvalue weighted by molar-refractivity contribution is 5.71. The molecule has 0 aliphatic rings. The van der Waals surface area contributed by atoms with E-state index in [2.05, 4.69) is 0 Å². The number of aliphatic hydroxyl groups excluding tert-OH is 3. The standard InChI is InChI=1S/C6H12O6/c7-2-5(10)3(8)1-4(9)6(11)12/h3-5,7-10H,1-2H2,(H,11,12)/t3-,4+,5+/m0/s1/i4D. The predicted molar refractivity (Wildman–Crippen MR) is 37.4 cm³/mol. The van der Waals surface area contributed by atoms with Crippen LogP contribution in [-0.4, -0.2) is 56.4 Å². The van der Waals surface area contributed by atoms with Crippen LogP contribution in [0.25, 0.3) is 0 Å². The van der Waals surface area contributed by atoms with Crippen molar-refractivity contribution in [1.82, 2.24) is 0 Å². The first-order chi connectivity index (χ1) is 5.81. The topological polar surface area (TPSA) is 118 Å². The van der Waals surface area contributed by atoms with E-state index in [0.29, 0.717) is 0 Å². The summed E-state index contributed by atoms with van der Waals surface area (Å²) in [5.41, 5.74) is 0. The second kappa shape index (κ2) is 5.04. The third kappa shape index (κ3) is 3.63. The predicted octanol–water partition coefficient (Wildman–Crippen LogP) is -2.46. The van der Waals surface area contributed by atoms with Crippen molar-refractivity contribution < 1.29 is 31.7 Å². The first-order valence-electron chi connectivity index (χ1n) is 3.74. The molecule has 0 heterocycles. The van der Waals surface area contributed by atoms with Crippen LogP contribution in [0.3, 0.4) is 0 Å². The number of carboxylic acid groups (broad SMARTS) is 1. The van der Waals surface area contributed by atoms with Gasteiger partial charge in [-0.2, -0.15) is 0 Å². The van der Waals surface area contributed by atoms with Gasteiger partial charge in [0.05, 0.1) is 14.1 Å². The van der Waals surface area contributed by atoms with Gasteiger partial charge in [0.15, 0.2) is 6.08 Å². The van der Waals surface area contributed by atoms with Gasteiger partial charge in [0.25, 0.3) is 0 Å². The first-order valence-corrected chi connectivity index (χ1v) is 3.24. The average Bonchev–Trinajstić information content (AvgIpc) is 2.01. The van der Waals surface area contributed by atoms with Gasteiger partial charge >= 0.3 is 5.97 Å². The molecule has 0 saturated carbocycles. The SMILES string of the molecule is [2H][C@@](O)(C[C@H](O)[C@H](O)CO)C(=O)O. The molecule has 0 saturated heterocycles. The summed E-state index contributed by atoms with van der Waals surface area (Å²) in [6.07, 6.45) is -6.93. The van der Waals surface area contributed by atoms with Crippen molar-refractivity contribution in [3.8, 4) is 0 Å². The van der Waals surface area contributed by atoms with E-state index in [0.717, 1.165) is 0 Å². The van der Waals surface area contributed by atoms with Crippen LogP contribution in [0.4, 0.5) is 0 Å². The summed E-state index contributed by atoms with van der Waals surface area (Å²) < 4.78 is 6.78. The van der Waals surface area contributed by atoms with Crippen molar-refractivity contribution in [2.75, 3.05) is 6.61 Å². The van der Waals surface area contributed by atoms with E-state index >= 15 is 0 Å². The van der Waals surface area contributed by atoms with Crippen LogP contribution in [0.15, 0.2) is 0 Å². The van der Waals surface area contributed by atoms with Crippen LogP contribution >= 0.6 is 0 Å². The molecule has 0 fully saturated rings. The monoisotopic (exact) mass is 181 g/mol. The van der Waals surface area contributed by atoms with E-state index in [-0.39, 0.29) is 0 Å². The highest BCUT2D eigenvalue weighted by Crippen LogP contribution is 2.02. The molecule has 5 N–H and O–H groups in total. The summed E-state index contributed by atoms with van der Waals surface area (Å²) in [6.45, 7) is -0.767. The Labute approximate surface area is 70.1 Å². The summed E-state index contributed by atoms with van der Waals surface area (Å²) in [6, 6.07) is 0. The molecule has 0 aliphatic carbocycles. The summed E-state index contributed by atoms with van der Waals surface area (Å²) in [4.78, 5) is 10.2. The quantitative estimate of drug-likeness (QED) is 0.321. The summed E-state index contributed by atoms with van der Waals surface area (Å²) >= 11 is 0. The molecule has 0 unspecified atom stereocenters. The van der Waals surface area contributed by atoms with Gasteiger partial charge in [0.1, 0.15) is 6.10 Å². The van der Waals surface area contributed by atoms with Crippen LogP contribution < -0.4 is 0 Å². The van der Waals surface area contributed by atoms with Gasteiger partial charge in [-0.3, -0.25) is 0 Å². The lowest BCUT2D eigenvalue weighted by molar-refractivity contribution is -0.149. The minimum Gasteiger partial charge on any atom is -0.479 e. The Balaban J connectivity index is 4.19. The average molecular weight is 181 g/mol. The molecular formula is C6H12O6. The molecular weight excluding hydrogens is 168 g/mol. The van der Waals surface area contributed by atoms with Crippen molar-refractivity contribution in [1.29, 1.82) is 0 Å². The molecule has 0 aliphatic heterocycles. The number of rotatable bonds is 5. The maximum atomic E-state index is 10.2. The minimum absolute atomic E-state index is 0.767. The number of hydrogen-bond acceptors (Lipinski definition) is 5. The lowest BCUT2D eigenvalue weighted by Crippen LogP contribution is -2.35. The van der Waals surface area contributed by atoms with E-state index in [1.807, 2.05) is 0 Å².